The molecular formula is C5H8N2O2. The van der Waals surface area contributed by atoms with Gasteiger partial charge in [-0.1, -0.05) is 0 Å². The van der Waals surface area contributed by atoms with Crippen LogP contribution >= 0.6 is 0 Å². The normalized spacial score (nSPS) is 12.0. The Labute approximate surface area is 53.1 Å². The first-order valence-electron chi connectivity index (χ1n) is 2.51. The van der Waals surface area contributed by atoms with Crippen molar-refractivity contribution in [3.05, 3.63) is 0 Å². The minimum Gasteiger partial charge on any atom is -0.480 e. The molecule has 4 nitrogen and oxygen atoms in total. The second-order valence-corrected chi connectivity index (χ2v) is 1.60. The van der Waals surface area contributed by atoms with E-state index in [9.17, 15) is 4.79 Å². The molecule has 0 unspecified atom stereocenters. The molecule has 0 aliphatic carbocycles. The van der Waals surface area contributed by atoms with Crippen molar-refractivity contribution >= 4 is 5.97 Å². The molecule has 0 aromatic carbocycles. The summed E-state index contributed by atoms with van der Waals surface area (Å²) in [5, 5.41) is 18.7. The number of nitrogens with one attached hydrogen (secondary N) is 1. The molecule has 0 fully saturated rings. The fourth-order valence-electron chi connectivity index (χ4n) is 0.286. The maximum atomic E-state index is 10.0. The van der Waals surface area contributed by atoms with E-state index < -0.39 is 12.0 Å². The standard InChI is InChI=1S/C5H8N2O2/c1-4(5(8)9)7-3-2-6/h4,7H,3H2,1H3,(H,8,9)/t4-/m0/s1. The molecule has 0 aromatic heterocycles. The van der Waals surface area contributed by atoms with Gasteiger partial charge in [0.2, 0.25) is 0 Å². The summed E-state index contributed by atoms with van der Waals surface area (Å²) in [6.07, 6.45) is 0. The maximum absolute atomic E-state index is 10.0. The van der Waals surface area contributed by atoms with E-state index in [4.69, 9.17) is 10.4 Å². The molecule has 9 heavy (non-hydrogen) atoms. The van der Waals surface area contributed by atoms with Gasteiger partial charge in [0.1, 0.15) is 6.04 Å². The number of hydrogen-bond donors (Lipinski definition) is 2. The predicted molar refractivity (Wildman–Crippen MR) is 30.7 cm³/mol. The van der Waals surface area contributed by atoms with Crippen molar-refractivity contribution in [2.24, 2.45) is 0 Å². The number of carboxylic acids is 1. The molecule has 50 valence electrons. The highest BCUT2D eigenvalue weighted by atomic mass is 16.4. The quantitative estimate of drug-likeness (QED) is 0.506. The van der Waals surface area contributed by atoms with Gasteiger partial charge >= 0.3 is 5.97 Å². The van der Waals surface area contributed by atoms with Crippen molar-refractivity contribution in [2.45, 2.75) is 13.0 Å². The van der Waals surface area contributed by atoms with Crippen molar-refractivity contribution < 1.29 is 9.90 Å². The van der Waals surface area contributed by atoms with Crippen molar-refractivity contribution in [2.75, 3.05) is 6.54 Å². The zero-order valence-corrected chi connectivity index (χ0v) is 5.09. The van der Waals surface area contributed by atoms with E-state index >= 15 is 0 Å². The summed E-state index contributed by atoms with van der Waals surface area (Å²) in [5.41, 5.74) is 0. The van der Waals surface area contributed by atoms with E-state index in [0.29, 0.717) is 0 Å². The van der Waals surface area contributed by atoms with Gasteiger partial charge in [0.05, 0.1) is 12.6 Å². The zero-order chi connectivity index (χ0) is 7.28. The highest BCUT2D eigenvalue weighted by molar-refractivity contribution is 5.72. The number of carboxylic acid groups (broad SMARTS) is 1. The Morgan fingerprint density at radius 1 is 2.00 bits per heavy atom. The van der Waals surface area contributed by atoms with E-state index in [-0.39, 0.29) is 6.54 Å². The summed E-state index contributed by atoms with van der Waals surface area (Å²) in [6.45, 7) is 1.56. The van der Waals surface area contributed by atoms with E-state index in [1.54, 1.807) is 6.07 Å². The monoisotopic (exact) mass is 128 g/mol. The van der Waals surface area contributed by atoms with E-state index in [1.807, 2.05) is 0 Å². The fraction of sp³-hybridized carbons (Fsp3) is 0.600. The lowest BCUT2D eigenvalue weighted by molar-refractivity contribution is -0.138. The van der Waals surface area contributed by atoms with Crippen LogP contribution in [0.25, 0.3) is 0 Å². The molecule has 0 aliphatic heterocycles. The lowest BCUT2D eigenvalue weighted by Crippen LogP contribution is -2.33. The Kier molecular flexibility index (Phi) is 3.40. The molecule has 0 bridgehead atoms. The van der Waals surface area contributed by atoms with Crippen LogP contribution in [0.2, 0.25) is 0 Å². The number of nitriles is 1. The minimum atomic E-state index is -0.940. The first-order valence-corrected chi connectivity index (χ1v) is 2.51. The summed E-state index contributed by atoms with van der Waals surface area (Å²) in [5.74, 6) is -0.940. The molecule has 0 amide bonds. The lowest BCUT2D eigenvalue weighted by Gasteiger charge is -2.02. The van der Waals surface area contributed by atoms with Gasteiger partial charge in [-0.2, -0.15) is 5.26 Å². The van der Waals surface area contributed by atoms with Crippen molar-refractivity contribution in [1.82, 2.24) is 5.32 Å². The maximum Gasteiger partial charge on any atom is 0.320 e. The molecule has 2 N–H and O–H groups in total. The first-order chi connectivity index (χ1) is 4.18. The van der Waals surface area contributed by atoms with Gasteiger partial charge in [0.15, 0.2) is 0 Å². The molecular weight excluding hydrogens is 120 g/mol. The number of hydrogen-bond acceptors (Lipinski definition) is 3. The van der Waals surface area contributed by atoms with Crippen LogP contribution < -0.4 is 5.32 Å². The zero-order valence-electron chi connectivity index (χ0n) is 5.09. The highest BCUT2D eigenvalue weighted by Gasteiger charge is 2.07. The Balaban J connectivity index is 3.41. The summed E-state index contributed by atoms with van der Waals surface area (Å²) in [4.78, 5) is 10.0. The first kappa shape index (κ1) is 7.92. The molecule has 0 aliphatic rings. The summed E-state index contributed by atoms with van der Waals surface area (Å²) >= 11 is 0. The Hall–Kier alpha value is -1.08. The largest absolute Gasteiger partial charge is 0.480 e. The molecule has 0 saturated heterocycles. The van der Waals surface area contributed by atoms with Crippen LogP contribution in [0.3, 0.4) is 0 Å². The van der Waals surface area contributed by atoms with Crippen LogP contribution in [0.5, 0.6) is 0 Å². The van der Waals surface area contributed by atoms with Gasteiger partial charge in [0, 0.05) is 0 Å². The molecule has 0 radical (unpaired) electrons. The smallest absolute Gasteiger partial charge is 0.320 e. The molecule has 0 rings (SSSR count). The molecule has 1 atom stereocenters. The lowest BCUT2D eigenvalue weighted by atomic mass is 10.3. The van der Waals surface area contributed by atoms with Crippen molar-refractivity contribution in [3.8, 4) is 6.07 Å². The van der Waals surface area contributed by atoms with E-state index in [2.05, 4.69) is 5.32 Å². The third-order valence-corrected chi connectivity index (χ3v) is 0.858. The molecule has 0 aromatic rings. The van der Waals surface area contributed by atoms with Crippen molar-refractivity contribution in [1.29, 1.82) is 5.26 Å². The summed E-state index contributed by atoms with van der Waals surface area (Å²) in [7, 11) is 0. The second-order valence-electron chi connectivity index (χ2n) is 1.60. The van der Waals surface area contributed by atoms with Crippen LogP contribution in [0.4, 0.5) is 0 Å². The van der Waals surface area contributed by atoms with Gasteiger partial charge in [-0.3, -0.25) is 10.1 Å². The number of aliphatic carboxylic acids is 1. The van der Waals surface area contributed by atoms with Crippen LogP contribution in [0.15, 0.2) is 0 Å². The van der Waals surface area contributed by atoms with Crippen LogP contribution in [0.1, 0.15) is 6.92 Å². The number of rotatable bonds is 3. The average Bonchev–Trinajstić information content (AvgIpc) is 1.82. The SMILES string of the molecule is C[C@H](NCC#N)C(=O)O. The van der Waals surface area contributed by atoms with E-state index in [0.717, 1.165) is 0 Å². The van der Waals surface area contributed by atoms with Crippen molar-refractivity contribution in [3.63, 3.8) is 0 Å². The molecule has 0 heterocycles. The van der Waals surface area contributed by atoms with Gasteiger partial charge in [0.25, 0.3) is 0 Å². The van der Waals surface area contributed by atoms with Gasteiger partial charge in [-0.05, 0) is 6.92 Å². The summed E-state index contributed by atoms with van der Waals surface area (Å²) < 4.78 is 0. The molecule has 0 spiro atoms. The van der Waals surface area contributed by atoms with Gasteiger partial charge in [-0.15, -0.1) is 0 Å². The van der Waals surface area contributed by atoms with Crippen LogP contribution in [-0.2, 0) is 4.79 Å². The molecule has 4 heteroatoms. The summed E-state index contributed by atoms with van der Waals surface area (Å²) in [6, 6.07) is 1.14. The van der Waals surface area contributed by atoms with Crippen LogP contribution in [0, 0.1) is 11.3 Å². The minimum absolute atomic E-state index is 0.0769. The predicted octanol–water partition coefficient (Wildman–Crippen LogP) is -0.427. The van der Waals surface area contributed by atoms with Gasteiger partial charge in [-0.25, -0.2) is 0 Å². The average molecular weight is 128 g/mol. The van der Waals surface area contributed by atoms with Gasteiger partial charge < -0.3 is 5.11 Å². The fourth-order valence-corrected chi connectivity index (χ4v) is 0.286. The third kappa shape index (κ3) is 3.50. The highest BCUT2D eigenvalue weighted by Crippen LogP contribution is 1.77. The Morgan fingerprint density at radius 3 is 2.89 bits per heavy atom. The van der Waals surface area contributed by atoms with E-state index in [1.165, 1.54) is 6.92 Å². The Bertz CT molecular complexity index is 138. The topological polar surface area (TPSA) is 73.1 Å². The Morgan fingerprint density at radius 2 is 2.56 bits per heavy atom. The number of carbonyl (C=O) groups is 1. The van der Waals surface area contributed by atoms with Crippen LogP contribution in [-0.4, -0.2) is 23.7 Å². The third-order valence-electron chi connectivity index (χ3n) is 0.858. The molecule has 0 saturated carbocycles. The number of nitrogens with zero attached hydrogens (tertiary/aromatic N) is 1. The second kappa shape index (κ2) is 3.87.